The molecule has 2 rings (SSSR count). The van der Waals surface area contributed by atoms with E-state index in [0.717, 1.165) is 11.1 Å². The number of nitrogens with zero attached hydrogens (tertiary/aromatic N) is 1. The summed E-state index contributed by atoms with van der Waals surface area (Å²) < 4.78 is 5.76. The maximum absolute atomic E-state index is 13.1. The molecule has 0 fully saturated rings. The SMILES string of the molecule is Cc1ccccc1CN(C(=O)COc1ccc(C(C)C)cc1)[C@H](C)C(=O)NC(C)(C)C. The molecule has 1 N–H and O–H groups in total. The number of benzene rings is 2. The lowest BCUT2D eigenvalue weighted by molar-refractivity contribution is -0.142. The Balaban J connectivity index is 2.16. The van der Waals surface area contributed by atoms with Gasteiger partial charge in [0.15, 0.2) is 6.61 Å². The smallest absolute Gasteiger partial charge is 0.261 e. The second-order valence-electron chi connectivity index (χ2n) is 9.38. The summed E-state index contributed by atoms with van der Waals surface area (Å²) in [5.41, 5.74) is 2.92. The topological polar surface area (TPSA) is 58.6 Å². The molecule has 0 heterocycles. The van der Waals surface area contributed by atoms with Gasteiger partial charge in [0.25, 0.3) is 5.91 Å². The van der Waals surface area contributed by atoms with Gasteiger partial charge in [-0.1, -0.05) is 50.2 Å². The third-order valence-corrected chi connectivity index (χ3v) is 5.18. The average molecular weight is 425 g/mol. The third kappa shape index (κ3) is 7.42. The van der Waals surface area contributed by atoms with Gasteiger partial charge in [0.05, 0.1) is 0 Å². The first kappa shape index (κ1) is 24.4. The normalized spacial score (nSPS) is 12.4. The largest absolute Gasteiger partial charge is 0.484 e. The molecule has 31 heavy (non-hydrogen) atoms. The molecule has 0 aliphatic carbocycles. The molecule has 2 amide bonds. The van der Waals surface area contributed by atoms with Crippen molar-refractivity contribution in [3.8, 4) is 5.75 Å². The third-order valence-electron chi connectivity index (χ3n) is 5.18. The Morgan fingerprint density at radius 1 is 1.00 bits per heavy atom. The van der Waals surface area contributed by atoms with E-state index in [2.05, 4.69) is 19.2 Å². The minimum absolute atomic E-state index is 0.125. The molecule has 5 heteroatoms. The lowest BCUT2D eigenvalue weighted by atomic mass is 10.0. The minimum Gasteiger partial charge on any atom is -0.484 e. The highest BCUT2D eigenvalue weighted by atomic mass is 16.5. The van der Waals surface area contributed by atoms with Crippen LogP contribution in [0.4, 0.5) is 0 Å². The molecule has 168 valence electrons. The number of nitrogens with one attached hydrogen (secondary N) is 1. The van der Waals surface area contributed by atoms with Crippen LogP contribution in [-0.4, -0.2) is 34.9 Å². The summed E-state index contributed by atoms with van der Waals surface area (Å²) in [4.78, 5) is 27.5. The maximum Gasteiger partial charge on any atom is 0.261 e. The van der Waals surface area contributed by atoms with Crippen molar-refractivity contribution in [1.82, 2.24) is 10.2 Å². The minimum atomic E-state index is -0.627. The second-order valence-corrected chi connectivity index (χ2v) is 9.38. The highest BCUT2D eigenvalue weighted by molar-refractivity contribution is 5.88. The lowest BCUT2D eigenvalue weighted by Gasteiger charge is -2.31. The molecule has 0 saturated heterocycles. The highest BCUT2D eigenvalue weighted by Crippen LogP contribution is 2.19. The van der Waals surface area contributed by atoms with Crippen LogP contribution in [0.5, 0.6) is 5.75 Å². The van der Waals surface area contributed by atoms with Crippen molar-refractivity contribution in [3.05, 3.63) is 65.2 Å². The van der Waals surface area contributed by atoms with Gasteiger partial charge in [-0.2, -0.15) is 0 Å². The fourth-order valence-electron chi connectivity index (χ4n) is 3.20. The predicted molar refractivity (Wildman–Crippen MR) is 125 cm³/mol. The van der Waals surface area contributed by atoms with Crippen LogP contribution in [0.2, 0.25) is 0 Å². The summed E-state index contributed by atoms with van der Waals surface area (Å²) in [6.07, 6.45) is 0. The van der Waals surface area contributed by atoms with Crippen molar-refractivity contribution < 1.29 is 14.3 Å². The van der Waals surface area contributed by atoms with Gasteiger partial charge in [-0.05, 0) is 69.4 Å². The Kier molecular flexibility index (Phi) is 8.26. The molecular weight excluding hydrogens is 388 g/mol. The molecule has 2 aromatic rings. The van der Waals surface area contributed by atoms with Crippen molar-refractivity contribution in [1.29, 1.82) is 0 Å². The Labute approximate surface area is 186 Å². The molecule has 0 spiro atoms. The zero-order valence-corrected chi connectivity index (χ0v) is 19.9. The van der Waals surface area contributed by atoms with Crippen molar-refractivity contribution in [2.24, 2.45) is 0 Å². The number of carbonyl (C=O) groups excluding carboxylic acids is 2. The molecule has 0 saturated carbocycles. The van der Waals surface area contributed by atoms with Crippen LogP contribution in [0.3, 0.4) is 0 Å². The van der Waals surface area contributed by atoms with Crippen molar-refractivity contribution in [3.63, 3.8) is 0 Å². The molecule has 0 aliphatic heterocycles. The van der Waals surface area contributed by atoms with Crippen molar-refractivity contribution in [2.75, 3.05) is 6.61 Å². The molecular formula is C26H36N2O3. The van der Waals surface area contributed by atoms with Gasteiger partial charge in [-0.15, -0.1) is 0 Å². The average Bonchev–Trinajstić information content (AvgIpc) is 2.70. The number of ether oxygens (including phenoxy) is 1. The van der Waals surface area contributed by atoms with Crippen LogP contribution in [0.1, 0.15) is 64.2 Å². The summed E-state index contributed by atoms with van der Waals surface area (Å²) >= 11 is 0. The number of hydrogen-bond donors (Lipinski definition) is 1. The predicted octanol–water partition coefficient (Wildman–Crippen LogP) is 4.83. The van der Waals surface area contributed by atoms with E-state index in [1.165, 1.54) is 5.56 Å². The van der Waals surface area contributed by atoms with Gasteiger partial charge < -0.3 is 15.0 Å². The Morgan fingerprint density at radius 3 is 2.16 bits per heavy atom. The maximum atomic E-state index is 13.1. The lowest BCUT2D eigenvalue weighted by Crippen LogP contribution is -2.53. The van der Waals surface area contributed by atoms with Crippen molar-refractivity contribution in [2.45, 2.75) is 72.5 Å². The molecule has 2 aromatic carbocycles. The summed E-state index contributed by atoms with van der Waals surface area (Å²) in [5.74, 6) is 0.659. The first-order valence-electron chi connectivity index (χ1n) is 10.9. The molecule has 0 aliphatic rings. The van der Waals surface area contributed by atoms with E-state index in [-0.39, 0.29) is 24.0 Å². The van der Waals surface area contributed by atoms with E-state index in [4.69, 9.17) is 4.74 Å². The Morgan fingerprint density at radius 2 is 1.61 bits per heavy atom. The first-order chi connectivity index (χ1) is 14.5. The monoisotopic (exact) mass is 424 g/mol. The summed E-state index contributed by atoms with van der Waals surface area (Å²) in [6.45, 7) is 14.0. The van der Waals surface area contributed by atoms with Gasteiger partial charge in [0, 0.05) is 12.1 Å². The molecule has 0 unspecified atom stereocenters. The highest BCUT2D eigenvalue weighted by Gasteiger charge is 2.29. The fraction of sp³-hybridized carbons (Fsp3) is 0.462. The number of rotatable bonds is 8. The van der Waals surface area contributed by atoms with E-state index in [9.17, 15) is 9.59 Å². The van der Waals surface area contributed by atoms with E-state index in [1.54, 1.807) is 11.8 Å². The summed E-state index contributed by atoms with van der Waals surface area (Å²) in [7, 11) is 0. The van der Waals surface area contributed by atoms with Gasteiger partial charge >= 0.3 is 0 Å². The van der Waals surface area contributed by atoms with E-state index < -0.39 is 6.04 Å². The Hall–Kier alpha value is -2.82. The van der Waals surface area contributed by atoms with E-state index in [0.29, 0.717) is 18.2 Å². The number of carbonyl (C=O) groups is 2. The van der Waals surface area contributed by atoms with Gasteiger partial charge in [0.1, 0.15) is 11.8 Å². The summed E-state index contributed by atoms with van der Waals surface area (Å²) in [6, 6.07) is 15.0. The standard InChI is InChI=1S/C26H36N2O3/c1-18(2)21-12-14-23(15-13-21)31-17-24(29)28(16-22-11-9-8-10-19(22)3)20(4)25(30)27-26(5,6)7/h8-15,18,20H,16-17H2,1-7H3,(H,27,30)/t20-/m1/s1. The van der Waals surface area contributed by atoms with Crippen LogP contribution in [0, 0.1) is 6.92 Å². The van der Waals surface area contributed by atoms with Crippen molar-refractivity contribution >= 4 is 11.8 Å². The van der Waals surface area contributed by atoms with Gasteiger partial charge in [-0.25, -0.2) is 0 Å². The van der Waals surface area contributed by atoms with E-state index in [1.807, 2.05) is 76.2 Å². The van der Waals surface area contributed by atoms with Crippen LogP contribution >= 0.6 is 0 Å². The second kappa shape index (κ2) is 10.5. The number of hydrogen-bond acceptors (Lipinski definition) is 3. The van der Waals surface area contributed by atoms with Crippen LogP contribution in [0.25, 0.3) is 0 Å². The molecule has 0 radical (unpaired) electrons. The van der Waals surface area contributed by atoms with Crippen LogP contribution in [-0.2, 0) is 16.1 Å². The van der Waals surface area contributed by atoms with Gasteiger partial charge in [-0.3, -0.25) is 9.59 Å². The first-order valence-corrected chi connectivity index (χ1v) is 10.9. The molecule has 0 bridgehead atoms. The zero-order valence-electron chi connectivity index (χ0n) is 19.9. The molecule has 0 aromatic heterocycles. The number of aryl methyl sites for hydroxylation is 1. The zero-order chi connectivity index (χ0) is 23.2. The molecule has 1 atom stereocenters. The quantitative estimate of drug-likeness (QED) is 0.660. The van der Waals surface area contributed by atoms with Crippen LogP contribution in [0.15, 0.2) is 48.5 Å². The Bertz CT molecular complexity index is 882. The molecule has 5 nitrogen and oxygen atoms in total. The van der Waals surface area contributed by atoms with Gasteiger partial charge in [0.2, 0.25) is 5.91 Å². The van der Waals surface area contributed by atoms with Crippen LogP contribution < -0.4 is 10.1 Å². The summed E-state index contributed by atoms with van der Waals surface area (Å²) in [5, 5.41) is 2.97. The van der Waals surface area contributed by atoms with E-state index >= 15 is 0 Å². The number of amides is 2. The fourth-order valence-corrected chi connectivity index (χ4v) is 3.20.